The summed E-state index contributed by atoms with van der Waals surface area (Å²) in [6, 6.07) is 7.92. The highest BCUT2D eigenvalue weighted by Gasteiger charge is 2.23. The van der Waals surface area contributed by atoms with Crippen LogP contribution in [0.3, 0.4) is 0 Å². The lowest BCUT2D eigenvalue weighted by molar-refractivity contribution is 0.0982. The Labute approximate surface area is 109 Å². The van der Waals surface area contributed by atoms with Crippen LogP contribution in [0.25, 0.3) is 0 Å². The molecular formula is C15H21NO2. The number of hydrogen-bond donors (Lipinski definition) is 1. The van der Waals surface area contributed by atoms with Crippen LogP contribution in [0, 0.1) is 0 Å². The van der Waals surface area contributed by atoms with Crippen LogP contribution in [0.4, 0.5) is 0 Å². The van der Waals surface area contributed by atoms with Crippen molar-refractivity contribution >= 4 is 5.78 Å². The van der Waals surface area contributed by atoms with Gasteiger partial charge in [0.15, 0.2) is 5.78 Å². The molecule has 18 heavy (non-hydrogen) atoms. The molecule has 0 heterocycles. The quantitative estimate of drug-likeness (QED) is 0.753. The van der Waals surface area contributed by atoms with Gasteiger partial charge < -0.3 is 10.1 Å². The fraction of sp³-hybridized carbons (Fsp3) is 0.533. The topological polar surface area (TPSA) is 38.3 Å². The Morgan fingerprint density at radius 3 is 2.56 bits per heavy atom. The van der Waals surface area contributed by atoms with Crippen LogP contribution in [0.1, 0.15) is 43.5 Å². The average Bonchev–Trinajstić information content (AvgIpc) is 3.13. The van der Waals surface area contributed by atoms with Gasteiger partial charge in [0, 0.05) is 24.6 Å². The minimum Gasteiger partial charge on any atom is -0.490 e. The second-order valence-corrected chi connectivity index (χ2v) is 5.12. The Kier molecular flexibility index (Phi) is 4.37. The van der Waals surface area contributed by atoms with E-state index < -0.39 is 0 Å². The molecule has 1 aliphatic carbocycles. The third-order valence-electron chi connectivity index (χ3n) is 2.91. The Hall–Kier alpha value is -1.35. The Morgan fingerprint density at radius 2 is 2.00 bits per heavy atom. The first-order valence-corrected chi connectivity index (χ1v) is 6.68. The van der Waals surface area contributed by atoms with Crippen molar-refractivity contribution in [2.24, 2.45) is 0 Å². The molecule has 1 aromatic carbocycles. The van der Waals surface area contributed by atoms with Gasteiger partial charge in [-0.25, -0.2) is 0 Å². The minimum absolute atomic E-state index is 0.182. The van der Waals surface area contributed by atoms with Crippen LogP contribution in [0.15, 0.2) is 24.3 Å². The molecule has 1 aliphatic rings. The van der Waals surface area contributed by atoms with E-state index in [0.29, 0.717) is 18.6 Å². The van der Waals surface area contributed by atoms with Gasteiger partial charge in [-0.1, -0.05) is 13.8 Å². The van der Waals surface area contributed by atoms with Gasteiger partial charge in [0.05, 0.1) is 6.10 Å². The Bertz CT molecular complexity index is 393. The summed E-state index contributed by atoms with van der Waals surface area (Å²) in [5.41, 5.74) is 0.767. The van der Waals surface area contributed by atoms with Gasteiger partial charge in [-0.15, -0.1) is 0 Å². The summed E-state index contributed by atoms with van der Waals surface area (Å²) in [6.45, 7) is 4.89. The maximum absolute atomic E-state index is 11.9. The minimum atomic E-state index is 0.182. The van der Waals surface area contributed by atoms with Gasteiger partial charge in [0.25, 0.3) is 0 Å². The molecule has 0 spiro atoms. The monoisotopic (exact) mass is 247 g/mol. The van der Waals surface area contributed by atoms with Crippen molar-refractivity contribution < 1.29 is 9.53 Å². The van der Waals surface area contributed by atoms with Crippen molar-refractivity contribution in [1.29, 1.82) is 0 Å². The smallest absolute Gasteiger partial charge is 0.164 e. The highest BCUT2D eigenvalue weighted by molar-refractivity contribution is 5.96. The van der Waals surface area contributed by atoms with Crippen LogP contribution < -0.4 is 10.1 Å². The Morgan fingerprint density at radius 1 is 1.33 bits per heavy atom. The van der Waals surface area contributed by atoms with Crippen LogP contribution in [0.5, 0.6) is 5.75 Å². The number of ketones is 1. The van der Waals surface area contributed by atoms with Crippen LogP contribution >= 0.6 is 0 Å². The summed E-state index contributed by atoms with van der Waals surface area (Å²) in [5, 5.41) is 3.25. The molecule has 0 aliphatic heterocycles. The van der Waals surface area contributed by atoms with E-state index in [2.05, 4.69) is 19.2 Å². The zero-order valence-corrected chi connectivity index (χ0v) is 11.1. The number of nitrogens with one attached hydrogen (secondary N) is 1. The third kappa shape index (κ3) is 4.15. The summed E-state index contributed by atoms with van der Waals surface area (Å²) < 4.78 is 5.65. The largest absolute Gasteiger partial charge is 0.490 e. The second kappa shape index (κ2) is 6.01. The lowest BCUT2D eigenvalue weighted by atomic mass is 10.1. The molecule has 1 N–H and O–H groups in total. The number of carbonyl (C=O) groups excluding carboxylic acids is 1. The van der Waals surface area contributed by atoms with E-state index in [1.807, 2.05) is 24.3 Å². The molecule has 1 fully saturated rings. The molecule has 0 aromatic heterocycles. The summed E-state index contributed by atoms with van der Waals surface area (Å²) in [4.78, 5) is 11.9. The van der Waals surface area contributed by atoms with Crippen LogP contribution in [0.2, 0.25) is 0 Å². The molecule has 1 aromatic rings. The van der Waals surface area contributed by atoms with Gasteiger partial charge in [-0.05, 0) is 37.1 Å². The van der Waals surface area contributed by atoms with Crippen molar-refractivity contribution in [3.8, 4) is 5.75 Å². The van der Waals surface area contributed by atoms with Crippen molar-refractivity contribution in [1.82, 2.24) is 5.32 Å². The maximum Gasteiger partial charge on any atom is 0.164 e. The van der Waals surface area contributed by atoms with E-state index in [0.717, 1.165) is 30.7 Å². The second-order valence-electron chi connectivity index (χ2n) is 5.12. The molecule has 1 saturated carbocycles. The highest BCUT2D eigenvalue weighted by atomic mass is 16.5. The molecule has 2 rings (SSSR count). The highest BCUT2D eigenvalue weighted by Crippen LogP contribution is 2.26. The van der Waals surface area contributed by atoms with Crippen molar-refractivity contribution in [3.05, 3.63) is 29.8 Å². The molecule has 0 unspecified atom stereocenters. The lowest BCUT2D eigenvalue weighted by Gasteiger charge is -2.08. The van der Waals surface area contributed by atoms with Gasteiger partial charge in [0.2, 0.25) is 0 Å². The molecular weight excluding hydrogens is 226 g/mol. The van der Waals surface area contributed by atoms with E-state index in [1.165, 1.54) is 0 Å². The molecule has 0 atom stereocenters. The summed E-state index contributed by atoms with van der Waals surface area (Å²) >= 11 is 0. The molecule has 98 valence electrons. The van der Waals surface area contributed by atoms with Crippen LogP contribution in [-0.4, -0.2) is 24.5 Å². The molecule has 0 amide bonds. The number of ether oxygens (including phenoxy) is 1. The normalized spacial score (nSPS) is 14.8. The number of benzene rings is 1. The van der Waals surface area contributed by atoms with E-state index in [9.17, 15) is 4.79 Å². The first-order valence-electron chi connectivity index (χ1n) is 6.68. The van der Waals surface area contributed by atoms with Gasteiger partial charge in [0.1, 0.15) is 5.75 Å². The first kappa shape index (κ1) is 13.1. The van der Waals surface area contributed by atoms with Crippen molar-refractivity contribution in [3.63, 3.8) is 0 Å². The van der Waals surface area contributed by atoms with E-state index in [1.54, 1.807) is 0 Å². The standard InChI is InChI=1S/C15H21NO2/c1-11(2)16-10-9-15(17)12-3-5-13(6-4-12)18-14-7-8-14/h3-6,11,14,16H,7-10H2,1-2H3. The zero-order valence-electron chi connectivity index (χ0n) is 11.1. The molecule has 0 bridgehead atoms. The van der Waals surface area contributed by atoms with Crippen molar-refractivity contribution in [2.45, 2.75) is 45.3 Å². The predicted molar refractivity (Wildman–Crippen MR) is 72.2 cm³/mol. The summed E-state index contributed by atoms with van der Waals surface area (Å²) in [6.07, 6.45) is 3.26. The zero-order chi connectivity index (χ0) is 13.0. The maximum atomic E-state index is 11.9. The van der Waals surface area contributed by atoms with E-state index in [-0.39, 0.29) is 5.78 Å². The summed E-state index contributed by atoms with van der Waals surface area (Å²) in [7, 11) is 0. The average molecular weight is 247 g/mol. The number of rotatable bonds is 7. The van der Waals surface area contributed by atoms with Crippen LogP contribution in [-0.2, 0) is 0 Å². The Balaban J connectivity index is 1.81. The SMILES string of the molecule is CC(C)NCCC(=O)c1ccc(OC2CC2)cc1. The van der Waals surface area contributed by atoms with Gasteiger partial charge in [-0.3, -0.25) is 4.79 Å². The molecule has 3 heteroatoms. The molecule has 0 radical (unpaired) electrons. The number of hydrogen-bond acceptors (Lipinski definition) is 3. The fourth-order valence-corrected chi connectivity index (χ4v) is 1.72. The van der Waals surface area contributed by atoms with E-state index in [4.69, 9.17) is 4.74 Å². The molecule has 0 saturated heterocycles. The fourth-order valence-electron chi connectivity index (χ4n) is 1.72. The number of Topliss-reactive ketones (excluding diaryl/α,β-unsaturated/α-hetero) is 1. The van der Waals surface area contributed by atoms with Crippen molar-refractivity contribution in [2.75, 3.05) is 6.54 Å². The van der Waals surface area contributed by atoms with Gasteiger partial charge in [-0.2, -0.15) is 0 Å². The molecule has 3 nitrogen and oxygen atoms in total. The summed E-state index contributed by atoms with van der Waals surface area (Å²) in [5.74, 6) is 1.05. The number of carbonyl (C=O) groups is 1. The first-order chi connectivity index (χ1) is 8.65. The lowest BCUT2D eigenvalue weighted by Crippen LogP contribution is -2.25. The van der Waals surface area contributed by atoms with E-state index >= 15 is 0 Å². The predicted octanol–water partition coefficient (Wildman–Crippen LogP) is 2.80. The third-order valence-corrected chi connectivity index (χ3v) is 2.91. The van der Waals surface area contributed by atoms with Gasteiger partial charge >= 0.3 is 0 Å².